The van der Waals surface area contributed by atoms with E-state index in [1.165, 1.54) is 6.42 Å². The zero-order valence-corrected chi connectivity index (χ0v) is 15.7. The van der Waals surface area contributed by atoms with Gasteiger partial charge in [-0.3, -0.25) is 9.78 Å². The number of nitrogens with one attached hydrogen (secondary N) is 2. The van der Waals surface area contributed by atoms with E-state index in [9.17, 15) is 4.79 Å². The molecule has 24 heavy (non-hydrogen) atoms. The molecule has 0 bridgehead atoms. The molecule has 0 saturated carbocycles. The minimum absolute atomic E-state index is 0. The van der Waals surface area contributed by atoms with Gasteiger partial charge in [0.15, 0.2) is 0 Å². The number of aryl methyl sites for hydroxylation is 1. The summed E-state index contributed by atoms with van der Waals surface area (Å²) < 4.78 is 0. The Labute approximate surface area is 155 Å². The second-order valence-corrected chi connectivity index (χ2v) is 6.60. The van der Waals surface area contributed by atoms with Crippen molar-refractivity contribution in [1.82, 2.24) is 15.6 Å². The Hall–Kier alpha value is -1.36. The van der Waals surface area contributed by atoms with Crippen molar-refractivity contribution in [3.63, 3.8) is 0 Å². The zero-order chi connectivity index (χ0) is 15.6. The van der Waals surface area contributed by atoms with Crippen LogP contribution in [0.25, 0.3) is 10.9 Å². The van der Waals surface area contributed by atoms with Gasteiger partial charge in [-0.1, -0.05) is 25.1 Å². The zero-order valence-electron chi connectivity index (χ0n) is 14.1. The summed E-state index contributed by atoms with van der Waals surface area (Å²) >= 11 is 0. The number of carbonyl (C=O) groups is 1. The summed E-state index contributed by atoms with van der Waals surface area (Å²) in [5.41, 5.74) is 2.61. The number of rotatable bonds is 3. The number of nitrogens with zero attached hydrogens (tertiary/aromatic N) is 1. The van der Waals surface area contributed by atoms with E-state index >= 15 is 0 Å². The third-order valence-corrected chi connectivity index (χ3v) is 4.45. The van der Waals surface area contributed by atoms with Gasteiger partial charge < -0.3 is 10.6 Å². The molecule has 2 heterocycles. The molecule has 1 aliphatic heterocycles. The molecule has 0 spiro atoms. The largest absolute Gasteiger partial charge is 0.351 e. The van der Waals surface area contributed by atoms with Gasteiger partial charge in [-0.25, -0.2) is 0 Å². The van der Waals surface area contributed by atoms with Gasteiger partial charge in [-0.15, -0.1) is 24.8 Å². The van der Waals surface area contributed by atoms with Crippen LogP contribution in [0, 0.1) is 12.3 Å². The average molecular weight is 370 g/mol. The molecule has 132 valence electrons. The van der Waals surface area contributed by atoms with E-state index in [4.69, 9.17) is 0 Å². The van der Waals surface area contributed by atoms with Crippen molar-refractivity contribution in [2.45, 2.75) is 26.7 Å². The molecule has 1 atom stereocenters. The molecular weight excluding hydrogens is 345 g/mol. The summed E-state index contributed by atoms with van der Waals surface area (Å²) in [6.45, 7) is 6.90. The second kappa shape index (κ2) is 8.65. The minimum atomic E-state index is -0.00602. The number of benzene rings is 1. The molecule has 1 amide bonds. The van der Waals surface area contributed by atoms with Gasteiger partial charge in [0.05, 0.1) is 11.1 Å². The molecule has 4 nitrogen and oxygen atoms in total. The lowest BCUT2D eigenvalue weighted by Gasteiger charge is -2.34. The van der Waals surface area contributed by atoms with Crippen LogP contribution in [0.2, 0.25) is 0 Å². The Morgan fingerprint density at radius 1 is 1.33 bits per heavy atom. The number of hydrogen-bond donors (Lipinski definition) is 2. The van der Waals surface area contributed by atoms with E-state index in [1.807, 2.05) is 37.3 Å². The van der Waals surface area contributed by atoms with Gasteiger partial charge in [-0.05, 0) is 43.9 Å². The maximum Gasteiger partial charge on any atom is 0.252 e. The van der Waals surface area contributed by atoms with Gasteiger partial charge >= 0.3 is 0 Å². The molecule has 3 rings (SSSR count). The predicted octanol–water partition coefficient (Wildman–Crippen LogP) is 3.51. The molecule has 2 N–H and O–H groups in total. The van der Waals surface area contributed by atoms with Crippen molar-refractivity contribution < 1.29 is 4.79 Å². The molecule has 1 unspecified atom stereocenters. The third-order valence-electron chi connectivity index (χ3n) is 4.45. The Kier molecular flexibility index (Phi) is 7.46. The topological polar surface area (TPSA) is 54.0 Å². The highest BCUT2D eigenvalue weighted by atomic mass is 35.5. The van der Waals surface area contributed by atoms with E-state index < -0.39 is 0 Å². The van der Waals surface area contributed by atoms with E-state index in [0.717, 1.165) is 41.7 Å². The van der Waals surface area contributed by atoms with E-state index in [0.29, 0.717) is 6.54 Å². The number of carbonyl (C=O) groups excluding carboxylic acids is 1. The molecule has 1 aliphatic rings. The van der Waals surface area contributed by atoms with Gasteiger partial charge in [0.25, 0.3) is 5.91 Å². The van der Waals surface area contributed by atoms with Crippen LogP contribution in [0.1, 0.15) is 35.8 Å². The first-order chi connectivity index (χ1) is 10.6. The summed E-state index contributed by atoms with van der Waals surface area (Å²) in [7, 11) is 0. The fourth-order valence-corrected chi connectivity index (χ4v) is 3.15. The van der Waals surface area contributed by atoms with Crippen LogP contribution < -0.4 is 10.6 Å². The first-order valence-corrected chi connectivity index (χ1v) is 7.93. The minimum Gasteiger partial charge on any atom is -0.351 e. The number of pyridine rings is 1. The summed E-state index contributed by atoms with van der Waals surface area (Å²) in [4.78, 5) is 17.1. The Morgan fingerprint density at radius 2 is 2.08 bits per heavy atom. The van der Waals surface area contributed by atoms with E-state index in [2.05, 4.69) is 22.5 Å². The van der Waals surface area contributed by atoms with Crippen LogP contribution in [0.15, 0.2) is 30.3 Å². The number of aromatic nitrogens is 1. The molecule has 1 saturated heterocycles. The third kappa shape index (κ3) is 4.59. The van der Waals surface area contributed by atoms with Crippen LogP contribution in [-0.2, 0) is 0 Å². The first kappa shape index (κ1) is 20.7. The SMILES string of the molecule is Cc1cc(C(=O)NCC2(C)CCCNC2)c2ccccc2n1.Cl.Cl. The lowest BCUT2D eigenvalue weighted by atomic mass is 9.83. The van der Waals surface area contributed by atoms with Gasteiger partial charge in [-0.2, -0.15) is 0 Å². The van der Waals surface area contributed by atoms with Crippen molar-refractivity contribution in [2.24, 2.45) is 5.41 Å². The van der Waals surface area contributed by atoms with Crippen LogP contribution in [0.4, 0.5) is 0 Å². The van der Waals surface area contributed by atoms with Crippen molar-refractivity contribution in [3.05, 3.63) is 41.6 Å². The van der Waals surface area contributed by atoms with Crippen LogP contribution in [0.5, 0.6) is 0 Å². The fraction of sp³-hybridized carbons (Fsp3) is 0.444. The smallest absolute Gasteiger partial charge is 0.252 e. The molecule has 0 aliphatic carbocycles. The van der Waals surface area contributed by atoms with Crippen LogP contribution in [0.3, 0.4) is 0 Å². The number of piperidine rings is 1. The number of amides is 1. The van der Waals surface area contributed by atoms with Crippen LogP contribution >= 0.6 is 24.8 Å². The quantitative estimate of drug-likeness (QED) is 0.870. The maximum atomic E-state index is 12.6. The number of fused-ring (bicyclic) bond motifs is 1. The van der Waals surface area contributed by atoms with Crippen molar-refractivity contribution in [1.29, 1.82) is 0 Å². The lowest BCUT2D eigenvalue weighted by molar-refractivity contribution is 0.0926. The van der Waals surface area contributed by atoms with Crippen molar-refractivity contribution in [2.75, 3.05) is 19.6 Å². The normalized spacial score (nSPS) is 19.9. The highest BCUT2D eigenvalue weighted by Gasteiger charge is 2.27. The highest BCUT2D eigenvalue weighted by molar-refractivity contribution is 6.06. The molecule has 1 aromatic heterocycles. The van der Waals surface area contributed by atoms with E-state index in [-0.39, 0.29) is 36.1 Å². The second-order valence-electron chi connectivity index (χ2n) is 6.60. The van der Waals surface area contributed by atoms with Crippen molar-refractivity contribution in [3.8, 4) is 0 Å². The summed E-state index contributed by atoms with van der Waals surface area (Å²) in [6, 6.07) is 9.68. The summed E-state index contributed by atoms with van der Waals surface area (Å²) in [5, 5.41) is 7.45. The maximum absolute atomic E-state index is 12.6. The Bertz CT molecular complexity index is 700. The summed E-state index contributed by atoms with van der Waals surface area (Å²) in [6.07, 6.45) is 2.32. The molecule has 1 fully saturated rings. The Morgan fingerprint density at radius 3 is 2.79 bits per heavy atom. The van der Waals surface area contributed by atoms with Gasteiger partial charge in [0.1, 0.15) is 0 Å². The molecule has 2 aromatic rings. The highest BCUT2D eigenvalue weighted by Crippen LogP contribution is 2.25. The fourth-order valence-electron chi connectivity index (χ4n) is 3.15. The molecule has 0 radical (unpaired) electrons. The monoisotopic (exact) mass is 369 g/mol. The standard InChI is InChI=1S/C18H23N3O.2ClH/c1-13-10-15(14-6-3-4-7-16(14)21-13)17(22)20-12-18(2)8-5-9-19-11-18;;/h3-4,6-7,10,19H,5,8-9,11-12H2,1-2H3,(H,20,22);2*1H. The predicted molar refractivity (Wildman–Crippen MR) is 104 cm³/mol. The summed E-state index contributed by atoms with van der Waals surface area (Å²) in [5.74, 6) is -0.00602. The molecular formula is C18H25Cl2N3O. The number of halogens is 2. The first-order valence-electron chi connectivity index (χ1n) is 7.93. The van der Waals surface area contributed by atoms with Crippen LogP contribution in [-0.4, -0.2) is 30.5 Å². The van der Waals surface area contributed by atoms with Gasteiger partial charge in [0.2, 0.25) is 0 Å². The lowest BCUT2D eigenvalue weighted by Crippen LogP contribution is -2.45. The number of hydrogen-bond acceptors (Lipinski definition) is 3. The molecule has 6 heteroatoms. The number of para-hydroxylation sites is 1. The molecule has 1 aromatic carbocycles. The van der Waals surface area contributed by atoms with Crippen molar-refractivity contribution >= 4 is 41.6 Å². The van der Waals surface area contributed by atoms with E-state index in [1.54, 1.807) is 0 Å². The Balaban J connectivity index is 0.00000144. The average Bonchev–Trinajstić information content (AvgIpc) is 2.52. The van der Waals surface area contributed by atoms with Gasteiger partial charge in [0, 0.05) is 24.2 Å².